The monoisotopic (exact) mass is 299 g/mol. The smallest absolute Gasteiger partial charge is 0.223 e. The highest BCUT2D eigenvalue weighted by Gasteiger charge is 2.02. The summed E-state index contributed by atoms with van der Waals surface area (Å²) in [5, 5.41) is 12.1. The zero-order chi connectivity index (χ0) is 15.8. The fourth-order valence-corrected chi connectivity index (χ4v) is 2.06. The fourth-order valence-electron chi connectivity index (χ4n) is 2.06. The lowest BCUT2D eigenvalue weighted by molar-refractivity contribution is -0.121. The van der Waals surface area contributed by atoms with Crippen molar-refractivity contribution >= 4 is 5.91 Å². The maximum absolute atomic E-state index is 11.7. The molecule has 0 atom stereocenters. The highest BCUT2D eigenvalue weighted by Crippen LogP contribution is 2.12. The van der Waals surface area contributed by atoms with Gasteiger partial charge in [-0.05, 0) is 48.7 Å². The third kappa shape index (κ3) is 5.48. The molecule has 1 amide bonds. The van der Waals surface area contributed by atoms with Gasteiger partial charge in [-0.2, -0.15) is 0 Å². The van der Waals surface area contributed by atoms with E-state index in [4.69, 9.17) is 4.74 Å². The SMILES string of the molecule is Cc1cccc(OCCC(=O)NCCc2ccc(O)cc2)c1. The molecule has 0 radical (unpaired) electrons. The summed E-state index contributed by atoms with van der Waals surface area (Å²) in [4.78, 5) is 11.7. The molecule has 0 aliphatic carbocycles. The van der Waals surface area contributed by atoms with E-state index in [0.29, 0.717) is 19.6 Å². The van der Waals surface area contributed by atoms with Crippen molar-refractivity contribution in [2.24, 2.45) is 0 Å². The van der Waals surface area contributed by atoms with Crippen LogP contribution in [-0.2, 0) is 11.2 Å². The zero-order valence-corrected chi connectivity index (χ0v) is 12.7. The number of hydrogen-bond acceptors (Lipinski definition) is 3. The maximum atomic E-state index is 11.7. The summed E-state index contributed by atoms with van der Waals surface area (Å²) < 4.78 is 5.55. The Morgan fingerprint density at radius 1 is 1.18 bits per heavy atom. The van der Waals surface area contributed by atoms with Gasteiger partial charge in [-0.15, -0.1) is 0 Å². The number of hydrogen-bond donors (Lipinski definition) is 2. The average molecular weight is 299 g/mol. The van der Waals surface area contributed by atoms with Crippen LogP contribution < -0.4 is 10.1 Å². The topological polar surface area (TPSA) is 58.6 Å². The molecule has 2 aromatic carbocycles. The van der Waals surface area contributed by atoms with E-state index >= 15 is 0 Å². The molecule has 116 valence electrons. The summed E-state index contributed by atoms with van der Waals surface area (Å²) in [5.41, 5.74) is 2.21. The van der Waals surface area contributed by atoms with Gasteiger partial charge in [0, 0.05) is 6.54 Å². The molecule has 0 unspecified atom stereocenters. The van der Waals surface area contributed by atoms with Gasteiger partial charge in [0.05, 0.1) is 13.0 Å². The van der Waals surface area contributed by atoms with Crippen LogP contribution in [0.4, 0.5) is 0 Å². The van der Waals surface area contributed by atoms with E-state index in [1.807, 2.05) is 43.3 Å². The van der Waals surface area contributed by atoms with Gasteiger partial charge < -0.3 is 15.2 Å². The Kier molecular flexibility index (Phi) is 5.83. The van der Waals surface area contributed by atoms with E-state index in [0.717, 1.165) is 23.3 Å². The first-order valence-electron chi connectivity index (χ1n) is 7.37. The highest BCUT2D eigenvalue weighted by molar-refractivity contribution is 5.75. The third-order valence-corrected chi connectivity index (χ3v) is 3.26. The Bertz CT molecular complexity index is 608. The van der Waals surface area contributed by atoms with Gasteiger partial charge in [-0.25, -0.2) is 0 Å². The van der Waals surface area contributed by atoms with Crippen LogP contribution in [0.5, 0.6) is 11.5 Å². The Hall–Kier alpha value is -2.49. The normalized spacial score (nSPS) is 10.2. The number of rotatable bonds is 7. The number of nitrogens with one attached hydrogen (secondary N) is 1. The minimum Gasteiger partial charge on any atom is -0.508 e. The lowest BCUT2D eigenvalue weighted by Crippen LogP contribution is -2.27. The van der Waals surface area contributed by atoms with E-state index < -0.39 is 0 Å². The molecule has 0 fully saturated rings. The number of ether oxygens (including phenoxy) is 1. The number of carbonyl (C=O) groups excluding carboxylic acids is 1. The third-order valence-electron chi connectivity index (χ3n) is 3.26. The second-order valence-electron chi connectivity index (χ2n) is 5.18. The van der Waals surface area contributed by atoms with E-state index in [1.165, 1.54) is 0 Å². The molecular weight excluding hydrogens is 278 g/mol. The van der Waals surface area contributed by atoms with Crippen LogP contribution in [-0.4, -0.2) is 24.2 Å². The Morgan fingerprint density at radius 3 is 2.68 bits per heavy atom. The number of aryl methyl sites for hydroxylation is 1. The molecule has 0 aliphatic rings. The number of amides is 1. The lowest BCUT2D eigenvalue weighted by Gasteiger charge is -2.08. The molecule has 0 saturated carbocycles. The summed E-state index contributed by atoms with van der Waals surface area (Å²) in [6.07, 6.45) is 1.08. The van der Waals surface area contributed by atoms with Crippen molar-refractivity contribution in [2.75, 3.05) is 13.2 Å². The molecule has 22 heavy (non-hydrogen) atoms. The maximum Gasteiger partial charge on any atom is 0.223 e. The molecule has 0 aromatic heterocycles. The summed E-state index contributed by atoms with van der Waals surface area (Å²) in [6, 6.07) is 14.8. The van der Waals surface area contributed by atoms with Crippen molar-refractivity contribution in [3.05, 3.63) is 59.7 Å². The largest absolute Gasteiger partial charge is 0.508 e. The van der Waals surface area contributed by atoms with Crippen molar-refractivity contribution in [1.82, 2.24) is 5.32 Å². The van der Waals surface area contributed by atoms with E-state index in [9.17, 15) is 9.90 Å². The van der Waals surface area contributed by atoms with Gasteiger partial charge in [0.25, 0.3) is 0 Å². The van der Waals surface area contributed by atoms with Crippen LogP contribution in [0.25, 0.3) is 0 Å². The minimum absolute atomic E-state index is 0.0218. The van der Waals surface area contributed by atoms with Gasteiger partial charge in [0.2, 0.25) is 5.91 Å². The number of carbonyl (C=O) groups is 1. The van der Waals surface area contributed by atoms with E-state index in [-0.39, 0.29) is 11.7 Å². The van der Waals surface area contributed by atoms with Crippen molar-refractivity contribution in [1.29, 1.82) is 0 Å². The highest BCUT2D eigenvalue weighted by atomic mass is 16.5. The minimum atomic E-state index is -0.0218. The van der Waals surface area contributed by atoms with Crippen molar-refractivity contribution < 1.29 is 14.6 Å². The van der Waals surface area contributed by atoms with Gasteiger partial charge in [0.15, 0.2) is 0 Å². The van der Waals surface area contributed by atoms with Gasteiger partial charge in [0.1, 0.15) is 11.5 Å². The first kappa shape index (κ1) is 15.9. The molecular formula is C18H21NO3. The molecule has 4 heteroatoms. The van der Waals surface area contributed by atoms with Crippen LogP contribution in [0.3, 0.4) is 0 Å². The summed E-state index contributed by atoms with van der Waals surface area (Å²) in [6.45, 7) is 2.95. The molecule has 4 nitrogen and oxygen atoms in total. The average Bonchev–Trinajstić information content (AvgIpc) is 2.49. The summed E-state index contributed by atoms with van der Waals surface area (Å²) in [5.74, 6) is 1.02. The molecule has 2 aromatic rings. The quantitative estimate of drug-likeness (QED) is 0.826. The molecule has 0 saturated heterocycles. The van der Waals surface area contributed by atoms with Crippen molar-refractivity contribution in [3.8, 4) is 11.5 Å². The molecule has 2 rings (SSSR count). The second-order valence-corrected chi connectivity index (χ2v) is 5.18. The first-order chi connectivity index (χ1) is 10.6. The number of phenols is 1. The Labute approximate surface area is 130 Å². The number of aromatic hydroxyl groups is 1. The van der Waals surface area contributed by atoms with Crippen molar-refractivity contribution in [3.63, 3.8) is 0 Å². The predicted molar refractivity (Wildman–Crippen MR) is 86.1 cm³/mol. The van der Waals surface area contributed by atoms with Gasteiger partial charge in [-0.1, -0.05) is 24.3 Å². The standard InChI is InChI=1S/C18H21NO3/c1-14-3-2-4-17(13-14)22-12-10-18(21)19-11-9-15-5-7-16(20)8-6-15/h2-8,13,20H,9-12H2,1H3,(H,19,21). The van der Waals surface area contributed by atoms with Gasteiger partial charge >= 0.3 is 0 Å². The molecule has 0 aliphatic heterocycles. The van der Waals surface area contributed by atoms with Gasteiger partial charge in [-0.3, -0.25) is 4.79 Å². The Balaban J connectivity index is 1.62. The van der Waals surface area contributed by atoms with E-state index in [1.54, 1.807) is 12.1 Å². The predicted octanol–water partition coefficient (Wildman–Crippen LogP) is 2.83. The second kappa shape index (κ2) is 8.08. The first-order valence-corrected chi connectivity index (χ1v) is 7.37. The van der Waals surface area contributed by atoms with E-state index in [2.05, 4.69) is 5.32 Å². The number of phenolic OH excluding ortho intramolecular Hbond substituents is 1. The molecule has 2 N–H and O–H groups in total. The lowest BCUT2D eigenvalue weighted by atomic mass is 10.1. The zero-order valence-electron chi connectivity index (χ0n) is 12.7. The van der Waals surface area contributed by atoms with Crippen LogP contribution >= 0.6 is 0 Å². The van der Waals surface area contributed by atoms with Crippen molar-refractivity contribution in [2.45, 2.75) is 19.8 Å². The fraction of sp³-hybridized carbons (Fsp3) is 0.278. The van der Waals surface area contributed by atoms with Crippen LogP contribution in [0.15, 0.2) is 48.5 Å². The summed E-state index contributed by atoms with van der Waals surface area (Å²) >= 11 is 0. The van der Waals surface area contributed by atoms with Crippen LogP contribution in [0.1, 0.15) is 17.5 Å². The number of benzene rings is 2. The van der Waals surface area contributed by atoms with Crippen LogP contribution in [0.2, 0.25) is 0 Å². The van der Waals surface area contributed by atoms with Crippen LogP contribution in [0, 0.1) is 6.92 Å². The summed E-state index contributed by atoms with van der Waals surface area (Å²) in [7, 11) is 0. The molecule has 0 bridgehead atoms. The molecule has 0 spiro atoms. The molecule has 0 heterocycles. The Morgan fingerprint density at radius 2 is 1.95 bits per heavy atom.